The molecule has 0 aliphatic carbocycles. The van der Waals surface area contributed by atoms with Gasteiger partial charge in [-0.15, -0.1) is 0 Å². The minimum Gasteiger partial charge on any atom is -0.468 e. The summed E-state index contributed by atoms with van der Waals surface area (Å²) in [6.45, 7) is 5.89. The number of esters is 1. The Morgan fingerprint density at radius 2 is 2.06 bits per heavy atom. The molecule has 1 N–H and O–H groups in total. The molecule has 5 heteroatoms. The van der Waals surface area contributed by atoms with Gasteiger partial charge in [0.2, 0.25) is 0 Å². The molecule has 0 aromatic carbocycles. The van der Waals surface area contributed by atoms with Gasteiger partial charge in [-0.3, -0.25) is 10.1 Å². The van der Waals surface area contributed by atoms with Crippen molar-refractivity contribution < 1.29 is 13.9 Å². The number of methoxy groups -OCH3 is 1. The van der Waals surface area contributed by atoms with Gasteiger partial charge >= 0.3 is 5.97 Å². The highest BCUT2D eigenvalue weighted by molar-refractivity contribution is 9.10. The van der Waals surface area contributed by atoms with E-state index in [1.165, 1.54) is 7.11 Å². The summed E-state index contributed by atoms with van der Waals surface area (Å²) in [6, 6.07) is 3.32. The van der Waals surface area contributed by atoms with Gasteiger partial charge < -0.3 is 9.15 Å². The molecule has 17 heavy (non-hydrogen) atoms. The van der Waals surface area contributed by atoms with Crippen LogP contribution in [-0.4, -0.2) is 19.1 Å². The molecular formula is C12H18BrNO3. The number of carbonyl (C=O) groups is 1. The molecule has 0 amide bonds. The standard InChI is InChI=1S/C12H18BrNO3/c1-7(2)11(12(15)16-4)14-8(3)9-5-6-10(13)17-9/h5-8,11,14H,1-4H3. The molecule has 0 aliphatic rings. The van der Waals surface area contributed by atoms with Gasteiger partial charge in [-0.1, -0.05) is 13.8 Å². The maximum absolute atomic E-state index is 11.6. The lowest BCUT2D eigenvalue weighted by Gasteiger charge is -2.23. The molecule has 1 aromatic heterocycles. The lowest BCUT2D eigenvalue weighted by Crippen LogP contribution is -2.42. The summed E-state index contributed by atoms with van der Waals surface area (Å²) in [5.41, 5.74) is 0. The first-order chi connectivity index (χ1) is 7.95. The maximum Gasteiger partial charge on any atom is 0.323 e. The number of nitrogens with one attached hydrogen (secondary N) is 1. The van der Waals surface area contributed by atoms with Crippen molar-refractivity contribution in [3.8, 4) is 0 Å². The quantitative estimate of drug-likeness (QED) is 0.850. The Kier molecular flexibility index (Phi) is 5.21. The first kappa shape index (κ1) is 14.3. The average molecular weight is 304 g/mol. The second-order valence-electron chi connectivity index (χ2n) is 4.28. The van der Waals surface area contributed by atoms with Crippen molar-refractivity contribution in [1.82, 2.24) is 5.32 Å². The van der Waals surface area contributed by atoms with Gasteiger partial charge in [-0.2, -0.15) is 0 Å². The molecule has 0 aliphatic heterocycles. The predicted octanol–water partition coefficient (Wildman–Crippen LogP) is 2.89. The fraction of sp³-hybridized carbons (Fsp3) is 0.583. The number of rotatable bonds is 5. The fourth-order valence-corrected chi connectivity index (χ4v) is 1.89. The van der Waals surface area contributed by atoms with E-state index in [-0.39, 0.29) is 24.0 Å². The van der Waals surface area contributed by atoms with Crippen molar-refractivity contribution >= 4 is 21.9 Å². The Balaban J connectivity index is 2.70. The first-order valence-corrected chi connectivity index (χ1v) is 6.34. The number of furan rings is 1. The van der Waals surface area contributed by atoms with Gasteiger partial charge in [0.05, 0.1) is 13.2 Å². The van der Waals surface area contributed by atoms with Gasteiger partial charge in [0.25, 0.3) is 0 Å². The lowest BCUT2D eigenvalue weighted by atomic mass is 10.0. The zero-order valence-electron chi connectivity index (χ0n) is 10.5. The molecule has 1 aromatic rings. The number of halogens is 1. The Morgan fingerprint density at radius 3 is 2.47 bits per heavy atom. The smallest absolute Gasteiger partial charge is 0.323 e. The molecule has 96 valence electrons. The lowest BCUT2D eigenvalue weighted by molar-refractivity contribution is -0.144. The van der Waals surface area contributed by atoms with E-state index in [1.54, 1.807) is 0 Å². The van der Waals surface area contributed by atoms with Crippen LogP contribution in [-0.2, 0) is 9.53 Å². The molecule has 0 spiro atoms. The molecule has 2 atom stereocenters. The molecule has 0 saturated heterocycles. The molecule has 4 nitrogen and oxygen atoms in total. The number of hydrogen-bond donors (Lipinski definition) is 1. The summed E-state index contributed by atoms with van der Waals surface area (Å²) in [4.78, 5) is 11.6. The largest absolute Gasteiger partial charge is 0.468 e. The van der Waals surface area contributed by atoms with Crippen LogP contribution in [0.15, 0.2) is 21.2 Å². The SMILES string of the molecule is COC(=O)C(NC(C)c1ccc(Br)o1)C(C)C. The van der Waals surface area contributed by atoms with Crippen molar-refractivity contribution in [3.63, 3.8) is 0 Å². The van der Waals surface area contributed by atoms with Gasteiger partial charge in [0.15, 0.2) is 4.67 Å². The van der Waals surface area contributed by atoms with Gasteiger partial charge in [-0.25, -0.2) is 0 Å². The highest BCUT2D eigenvalue weighted by Gasteiger charge is 2.25. The number of hydrogen-bond acceptors (Lipinski definition) is 4. The Labute approximate surface area is 110 Å². The highest BCUT2D eigenvalue weighted by atomic mass is 79.9. The van der Waals surface area contributed by atoms with Crippen LogP contribution in [0.5, 0.6) is 0 Å². The number of carbonyl (C=O) groups excluding carboxylic acids is 1. The van der Waals surface area contributed by atoms with Crippen LogP contribution in [0.2, 0.25) is 0 Å². The summed E-state index contributed by atoms with van der Waals surface area (Å²) in [5.74, 6) is 0.687. The highest BCUT2D eigenvalue weighted by Crippen LogP contribution is 2.21. The molecule has 2 unspecified atom stereocenters. The number of ether oxygens (including phenoxy) is 1. The summed E-state index contributed by atoms with van der Waals surface area (Å²) in [5, 5.41) is 3.21. The van der Waals surface area contributed by atoms with Gasteiger partial charge in [0, 0.05) is 0 Å². The van der Waals surface area contributed by atoms with Crippen LogP contribution in [0.3, 0.4) is 0 Å². The van der Waals surface area contributed by atoms with E-state index in [4.69, 9.17) is 9.15 Å². The second-order valence-corrected chi connectivity index (χ2v) is 5.06. The van der Waals surface area contributed by atoms with E-state index in [2.05, 4.69) is 21.2 Å². The van der Waals surface area contributed by atoms with Crippen LogP contribution in [0, 0.1) is 5.92 Å². The van der Waals surface area contributed by atoms with Crippen molar-refractivity contribution in [2.24, 2.45) is 5.92 Å². The van der Waals surface area contributed by atoms with E-state index in [0.29, 0.717) is 4.67 Å². The molecule has 0 fully saturated rings. The zero-order valence-corrected chi connectivity index (χ0v) is 12.1. The van der Waals surface area contributed by atoms with Crippen LogP contribution < -0.4 is 5.32 Å². The monoisotopic (exact) mass is 303 g/mol. The Morgan fingerprint density at radius 1 is 1.41 bits per heavy atom. The summed E-state index contributed by atoms with van der Waals surface area (Å²) >= 11 is 3.25. The minimum absolute atomic E-state index is 0.0483. The molecule has 1 rings (SSSR count). The van der Waals surface area contributed by atoms with Crippen LogP contribution >= 0.6 is 15.9 Å². The molecule has 0 radical (unpaired) electrons. The van der Waals surface area contributed by atoms with Crippen molar-refractivity contribution in [3.05, 3.63) is 22.6 Å². The van der Waals surface area contributed by atoms with E-state index in [1.807, 2.05) is 32.9 Å². The van der Waals surface area contributed by atoms with E-state index < -0.39 is 0 Å². The fourth-order valence-electron chi connectivity index (χ4n) is 1.57. The van der Waals surface area contributed by atoms with E-state index in [9.17, 15) is 4.79 Å². The summed E-state index contributed by atoms with van der Waals surface area (Å²) in [7, 11) is 1.40. The minimum atomic E-state index is -0.334. The van der Waals surface area contributed by atoms with Crippen LogP contribution in [0.1, 0.15) is 32.6 Å². The van der Waals surface area contributed by atoms with Crippen molar-refractivity contribution in [2.75, 3.05) is 7.11 Å². The van der Waals surface area contributed by atoms with Crippen molar-refractivity contribution in [2.45, 2.75) is 32.9 Å². The summed E-state index contributed by atoms with van der Waals surface area (Å²) in [6.07, 6.45) is 0. The molecule has 1 heterocycles. The van der Waals surface area contributed by atoms with Crippen LogP contribution in [0.25, 0.3) is 0 Å². The van der Waals surface area contributed by atoms with E-state index in [0.717, 1.165) is 5.76 Å². The van der Waals surface area contributed by atoms with Crippen molar-refractivity contribution in [1.29, 1.82) is 0 Å². The topological polar surface area (TPSA) is 51.5 Å². The van der Waals surface area contributed by atoms with Gasteiger partial charge in [0.1, 0.15) is 11.8 Å². The van der Waals surface area contributed by atoms with Gasteiger partial charge in [-0.05, 0) is 40.9 Å². The van der Waals surface area contributed by atoms with Crippen LogP contribution in [0.4, 0.5) is 0 Å². The predicted molar refractivity (Wildman–Crippen MR) is 68.6 cm³/mol. The third-order valence-electron chi connectivity index (χ3n) is 2.57. The molecular weight excluding hydrogens is 286 g/mol. The average Bonchev–Trinajstić information content (AvgIpc) is 2.71. The first-order valence-electron chi connectivity index (χ1n) is 5.54. The molecule has 0 bridgehead atoms. The third kappa shape index (κ3) is 3.85. The Hall–Kier alpha value is -0.810. The Bertz CT molecular complexity index is 376. The maximum atomic E-state index is 11.6. The normalized spacial score (nSPS) is 14.7. The molecule has 0 saturated carbocycles. The third-order valence-corrected chi connectivity index (χ3v) is 3.00. The summed E-state index contributed by atoms with van der Waals surface area (Å²) < 4.78 is 10.9. The second kappa shape index (κ2) is 6.21. The van der Waals surface area contributed by atoms with E-state index >= 15 is 0 Å². The zero-order chi connectivity index (χ0) is 13.0.